The Morgan fingerprint density at radius 1 is 1.16 bits per heavy atom. The highest BCUT2D eigenvalue weighted by molar-refractivity contribution is 7.11. The molecule has 0 N–H and O–H groups in total. The van der Waals surface area contributed by atoms with Gasteiger partial charge in [-0.25, -0.2) is 4.98 Å². The zero-order valence-corrected chi connectivity index (χ0v) is 15.2. The summed E-state index contributed by atoms with van der Waals surface area (Å²) in [4.78, 5) is 4.66. The van der Waals surface area contributed by atoms with Crippen LogP contribution in [-0.4, -0.2) is 12.1 Å². The van der Waals surface area contributed by atoms with Gasteiger partial charge in [0.15, 0.2) is 0 Å². The molecule has 0 aliphatic heterocycles. The predicted molar refractivity (Wildman–Crippen MR) is 104 cm³/mol. The Bertz CT molecular complexity index is 980. The molecule has 0 unspecified atom stereocenters. The molecule has 1 aromatic heterocycles. The minimum Gasteiger partial charge on any atom is -0.496 e. The summed E-state index contributed by atoms with van der Waals surface area (Å²) in [6.07, 6.45) is 1.82. The van der Waals surface area contributed by atoms with E-state index in [1.54, 1.807) is 7.11 Å². The number of thiazole rings is 1. The Kier molecular flexibility index (Phi) is 4.97. The van der Waals surface area contributed by atoms with Gasteiger partial charge in [0.25, 0.3) is 0 Å². The topological polar surface area (TPSA) is 45.9 Å². The van der Waals surface area contributed by atoms with Crippen molar-refractivity contribution < 1.29 is 4.74 Å². The number of ether oxygens (including phenoxy) is 1. The Morgan fingerprint density at radius 2 is 1.96 bits per heavy atom. The van der Waals surface area contributed by atoms with Gasteiger partial charge in [0.2, 0.25) is 0 Å². The molecule has 4 heteroatoms. The molecule has 0 aliphatic carbocycles. The second kappa shape index (κ2) is 7.33. The average Bonchev–Trinajstić information content (AvgIpc) is 3.12. The Hall–Kier alpha value is -2.90. The third-order valence-corrected chi connectivity index (χ3v) is 4.97. The minimum atomic E-state index is 0.532. The molecule has 0 atom stereocenters. The lowest BCUT2D eigenvalue weighted by molar-refractivity contribution is 0.414. The maximum atomic E-state index is 9.57. The number of hydrogen-bond donors (Lipinski definition) is 0. The van der Waals surface area contributed by atoms with E-state index in [2.05, 4.69) is 43.1 Å². The van der Waals surface area contributed by atoms with Crippen LogP contribution in [-0.2, 0) is 0 Å². The molecule has 0 spiro atoms. The molecular formula is C21H18N2OS. The van der Waals surface area contributed by atoms with Gasteiger partial charge < -0.3 is 4.74 Å². The van der Waals surface area contributed by atoms with Crippen molar-refractivity contribution in [2.45, 2.75) is 13.8 Å². The van der Waals surface area contributed by atoms with E-state index in [1.807, 2.05) is 35.7 Å². The summed E-state index contributed by atoms with van der Waals surface area (Å²) in [5.41, 5.74) is 5.85. The van der Waals surface area contributed by atoms with Crippen LogP contribution in [0.3, 0.4) is 0 Å². The van der Waals surface area contributed by atoms with Gasteiger partial charge >= 0.3 is 0 Å². The van der Waals surface area contributed by atoms with Crippen molar-refractivity contribution in [3.63, 3.8) is 0 Å². The summed E-state index contributed by atoms with van der Waals surface area (Å²) in [6.45, 7) is 4.18. The van der Waals surface area contributed by atoms with E-state index in [9.17, 15) is 5.26 Å². The van der Waals surface area contributed by atoms with Crippen molar-refractivity contribution in [2.24, 2.45) is 0 Å². The molecule has 0 radical (unpaired) electrons. The average molecular weight is 346 g/mol. The van der Waals surface area contributed by atoms with Crippen LogP contribution in [0, 0.1) is 25.2 Å². The summed E-state index contributed by atoms with van der Waals surface area (Å²) >= 11 is 1.48. The molecule has 0 saturated carbocycles. The largest absolute Gasteiger partial charge is 0.496 e. The maximum absolute atomic E-state index is 9.57. The van der Waals surface area contributed by atoms with Crippen molar-refractivity contribution in [1.82, 2.24) is 4.98 Å². The lowest BCUT2D eigenvalue weighted by atomic mass is 10.1. The fourth-order valence-corrected chi connectivity index (χ4v) is 3.31. The molecule has 0 fully saturated rings. The van der Waals surface area contributed by atoms with E-state index in [-0.39, 0.29) is 0 Å². The highest BCUT2D eigenvalue weighted by Gasteiger charge is 2.11. The third-order valence-electron chi connectivity index (χ3n) is 4.10. The van der Waals surface area contributed by atoms with Gasteiger partial charge in [0.1, 0.15) is 16.8 Å². The van der Waals surface area contributed by atoms with Crippen LogP contribution in [0.25, 0.3) is 22.9 Å². The first-order valence-corrected chi connectivity index (χ1v) is 8.78. The Labute approximate surface area is 151 Å². The first kappa shape index (κ1) is 16.9. The monoisotopic (exact) mass is 346 g/mol. The van der Waals surface area contributed by atoms with Crippen LogP contribution in [0.4, 0.5) is 0 Å². The number of para-hydroxylation sites is 1. The lowest BCUT2D eigenvalue weighted by Gasteiger charge is -2.04. The number of benzene rings is 2. The molecule has 3 nitrogen and oxygen atoms in total. The van der Waals surface area contributed by atoms with Crippen molar-refractivity contribution >= 4 is 23.0 Å². The van der Waals surface area contributed by atoms with Crippen molar-refractivity contribution in [2.75, 3.05) is 7.11 Å². The molecule has 0 amide bonds. The number of allylic oxidation sites excluding steroid dienone is 1. The fraction of sp³-hybridized carbons (Fsp3) is 0.143. The second-order valence-corrected chi connectivity index (χ2v) is 6.61. The summed E-state index contributed by atoms with van der Waals surface area (Å²) < 4.78 is 5.35. The van der Waals surface area contributed by atoms with Gasteiger partial charge in [-0.05, 0) is 43.2 Å². The van der Waals surface area contributed by atoms with Crippen LogP contribution in [0.2, 0.25) is 0 Å². The number of nitrogens with zero attached hydrogens (tertiary/aromatic N) is 2. The number of rotatable bonds is 4. The van der Waals surface area contributed by atoms with Crippen molar-refractivity contribution in [1.29, 1.82) is 5.26 Å². The predicted octanol–water partition coefficient (Wildman–Crippen LogP) is 5.50. The van der Waals surface area contributed by atoms with Gasteiger partial charge in [0, 0.05) is 16.5 Å². The zero-order valence-electron chi connectivity index (χ0n) is 14.4. The Balaban J connectivity index is 1.98. The molecule has 124 valence electrons. The van der Waals surface area contributed by atoms with E-state index < -0.39 is 0 Å². The van der Waals surface area contributed by atoms with E-state index in [0.717, 1.165) is 22.6 Å². The standard InChI is InChI=1S/C21H18N2OS/c1-14-8-9-16(10-15(14)2)19-13-25-21(23-19)18(12-22)11-17-6-4-5-7-20(17)24-3/h4-11,13H,1-3H3. The second-order valence-electron chi connectivity index (χ2n) is 5.75. The van der Waals surface area contributed by atoms with Gasteiger partial charge in [-0.3, -0.25) is 0 Å². The zero-order chi connectivity index (χ0) is 17.8. The summed E-state index contributed by atoms with van der Waals surface area (Å²) in [6, 6.07) is 16.2. The molecular weight excluding hydrogens is 328 g/mol. The van der Waals surface area contributed by atoms with E-state index in [4.69, 9.17) is 4.74 Å². The normalized spacial score (nSPS) is 11.2. The van der Waals surface area contributed by atoms with Gasteiger partial charge in [-0.1, -0.05) is 30.3 Å². The smallest absolute Gasteiger partial charge is 0.134 e. The molecule has 25 heavy (non-hydrogen) atoms. The fourth-order valence-electron chi connectivity index (χ4n) is 2.51. The number of methoxy groups -OCH3 is 1. The molecule has 3 rings (SSSR count). The van der Waals surface area contributed by atoms with Crippen molar-refractivity contribution in [3.8, 4) is 23.1 Å². The van der Waals surface area contributed by atoms with Gasteiger partial charge in [-0.2, -0.15) is 5.26 Å². The first-order chi connectivity index (χ1) is 12.1. The highest BCUT2D eigenvalue weighted by Crippen LogP contribution is 2.29. The number of aromatic nitrogens is 1. The van der Waals surface area contributed by atoms with Gasteiger partial charge in [-0.15, -0.1) is 11.3 Å². The highest BCUT2D eigenvalue weighted by atomic mass is 32.1. The summed E-state index contributed by atoms with van der Waals surface area (Å²) in [5, 5.41) is 12.3. The number of aryl methyl sites for hydroxylation is 2. The molecule has 1 heterocycles. The van der Waals surface area contributed by atoms with E-state index >= 15 is 0 Å². The lowest BCUT2D eigenvalue weighted by Crippen LogP contribution is -1.88. The Morgan fingerprint density at radius 3 is 2.68 bits per heavy atom. The summed E-state index contributed by atoms with van der Waals surface area (Å²) in [7, 11) is 1.62. The van der Waals surface area contributed by atoms with E-state index in [1.165, 1.54) is 22.5 Å². The van der Waals surface area contributed by atoms with Crippen molar-refractivity contribution in [3.05, 3.63) is 69.5 Å². The van der Waals surface area contributed by atoms with Crippen LogP contribution < -0.4 is 4.74 Å². The van der Waals surface area contributed by atoms with Crippen LogP contribution in [0.15, 0.2) is 47.8 Å². The minimum absolute atomic E-state index is 0.532. The SMILES string of the molecule is COc1ccccc1C=C(C#N)c1nc(-c2ccc(C)c(C)c2)cs1. The van der Waals surface area contributed by atoms with E-state index in [0.29, 0.717) is 10.6 Å². The first-order valence-electron chi connectivity index (χ1n) is 7.90. The number of nitriles is 1. The maximum Gasteiger partial charge on any atom is 0.134 e. The van der Waals surface area contributed by atoms with Crippen LogP contribution >= 0.6 is 11.3 Å². The molecule has 0 saturated heterocycles. The molecule has 0 bridgehead atoms. The molecule has 2 aromatic carbocycles. The number of hydrogen-bond acceptors (Lipinski definition) is 4. The van der Waals surface area contributed by atoms with Crippen LogP contribution in [0.1, 0.15) is 21.7 Å². The van der Waals surface area contributed by atoms with Gasteiger partial charge in [0.05, 0.1) is 18.4 Å². The molecule has 0 aliphatic rings. The quantitative estimate of drug-likeness (QED) is 0.586. The molecule has 3 aromatic rings. The van der Waals surface area contributed by atoms with Crippen LogP contribution in [0.5, 0.6) is 5.75 Å². The summed E-state index contributed by atoms with van der Waals surface area (Å²) in [5.74, 6) is 0.737. The third kappa shape index (κ3) is 3.62.